The number of carbonyl (C=O) groups excluding carboxylic acids is 1. The van der Waals surface area contributed by atoms with Crippen LogP contribution in [-0.2, 0) is 4.79 Å². The van der Waals surface area contributed by atoms with Gasteiger partial charge in [-0.3, -0.25) is 4.79 Å². The molecule has 1 aromatic heterocycles. The summed E-state index contributed by atoms with van der Waals surface area (Å²) in [6.45, 7) is 4.11. The summed E-state index contributed by atoms with van der Waals surface area (Å²) >= 11 is 0. The second kappa shape index (κ2) is 8.96. The third kappa shape index (κ3) is 4.50. The lowest BCUT2D eigenvalue weighted by Gasteiger charge is -2.29. The Bertz CT molecular complexity index is 1110. The highest BCUT2D eigenvalue weighted by Gasteiger charge is 2.22. The molecule has 1 aliphatic rings. The maximum atomic E-state index is 13.3. The van der Waals surface area contributed by atoms with Crippen molar-refractivity contribution in [2.75, 3.05) is 7.11 Å². The molecule has 4 rings (SSSR count). The molecule has 5 heteroatoms. The molecule has 2 aromatic carbocycles. The van der Waals surface area contributed by atoms with E-state index in [1.54, 1.807) is 31.6 Å². The van der Waals surface area contributed by atoms with Gasteiger partial charge in [-0.1, -0.05) is 31.9 Å². The van der Waals surface area contributed by atoms with Crippen LogP contribution in [0.4, 0.5) is 4.39 Å². The fourth-order valence-corrected chi connectivity index (χ4v) is 4.41. The molecule has 1 heterocycles. The lowest BCUT2D eigenvalue weighted by atomic mass is 9.86. The molecule has 1 amide bonds. The van der Waals surface area contributed by atoms with Crippen molar-refractivity contribution in [3.8, 4) is 16.9 Å². The lowest BCUT2D eigenvalue weighted by Crippen LogP contribution is -2.40. The maximum Gasteiger partial charge on any atom is 0.244 e. The summed E-state index contributed by atoms with van der Waals surface area (Å²) in [7, 11) is 1.60. The van der Waals surface area contributed by atoms with E-state index in [2.05, 4.69) is 12.2 Å². The zero-order valence-corrected chi connectivity index (χ0v) is 18.2. The smallest absolute Gasteiger partial charge is 0.244 e. The highest BCUT2D eigenvalue weighted by Crippen LogP contribution is 2.37. The van der Waals surface area contributed by atoms with E-state index in [1.165, 1.54) is 18.6 Å². The lowest BCUT2D eigenvalue weighted by molar-refractivity contribution is -0.117. The molecule has 31 heavy (non-hydrogen) atoms. The van der Waals surface area contributed by atoms with E-state index < -0.39 is 0 Å². The molecule has 0 radical (unpaired) electrons. The fraction of sp³-hybridized carbons (Fsp3) is 0.346. The Morgan fingerprint density at radius 3 is 2.65 bits per heavy atom. The molecule has 0 spiro atoms. The molecule has 0 saturated heterocycles. The van der Waals surface area contributed by atoms with Crippen molar-refractivity contribution in [3.05, 3.63) is 60.1 Å². The molecule has 2 unspecified atom stereocenters. The Morgan fingerprint density at radius 2 is 1.94 bits per heavy atom. The highest BCUT2D eigenvalue weighted by atomic mass is 19.1. The Morgan fingerprint density at radius 1 is 1.19 bits per heavy atom. The number of hydrogen-bond donors (Lipinski definition) is 1. The van der Waals surface area contributed by atoms with E-state index in [0.717, 1.165) is 46.9 Å². The van der Waals surface area contributed by atoms with Crippen molar-refractivity contribution in [2.45, 2.75) is 45.6 Å². The van der Waals surface area contributed by atoms with E-state index in [-0.39, 0.29) is 17.8 Å². The Labute approximate surface area is 182 Å². The van der Waals surface area contributed by atoms with Crippen molar-refractivity contribution in [1.82, 2.24) is 5.32 Å². The van der Waals surface area contributed by atoms with Gasteiger partial charge in [0.1, 0.15) is 17.1 Å². The Balaban J connectivity index is 1.66. The molecular formula is C26H28FNO3. The summed E-state index contributed by atoms with van der Waals surface area (Å²) in [5.41, 5.74) is 4.04. The number of fused-ring (bicyclic) bond motifs is 1. The minimum atomic E-state index is -0.281. The molecule has 4 nitrogen and oxygen atoms in total. The number of hydrogen-bond acceptors (Lipinski definition) is 3. The van der Waals surface area contributed by atoms with E-state index in [1.807, 2.05) is 19.1 Å². The van der Waals surface area contributed by atoms with Crippen LogP contribution in [0.5, 0.6) is 5.75 Å². The molecule has 3 aromatic rings. The van der Waals surface area contributed by atoms with Crippen LogP contribution < -0.4 is 10.1 Å². The van der Waals surface area contributed by atoms with Crippen LogP contribution in [0.2, 0.25) is 0 Å². The summed E-state index contributed by atoms with van der Waals surface area (Å²) in [6.07, 6.45) is 7.89. The summed E-state index contributed by atoms with van der Waals surface area (Å²) < 4.78 is 24.6. The van der Waals surface area contributed by atoms with Gasteiger partial charge in [0, 0.05) is 34.7 Å². The number of carbonyl (C=O) groups is 1. The average molecular weight is 422 g/mol. The number of furan rings is 1. The largest absolute Gasteiger partial charge is 0.496 e. The van der Waals surface area contributed by atoms with Crippen LogP contribution in [-0.4, -0.2) is 19.1 Å². The van der Waals surface area contributed by atoms with Crippen LogP contribution in [0.1, 0.15) is 45.1 Å². The first-order chi connectivity index (χ1) is 15.0. The summed E-state index contributed by atoms with van der Waals surface area (Å²) in [6, 6.07) is 10.3. The molecule has 1 N–H and O–H groups in total. The standard InChI is InChI=1S/C26H28FNO3/c1-16-6-4-5-7-23(16)28-26(29)12-17(2)20-13-21-22(18-8-10-19(27)11-9-18)15-31-25(21)14-24(20)30-3/h8-16,23H,4-7H2,1-3H3,(H,28,29)/b17-12+. The molecule has 162 valence electrons. The predicted molar refractivity (Wildman–Crippen MR) is 121 cm³/mol. The van der Waals surface area contributed by atoms with Gasteiger partial charge in [-0.2, -0.15) is 0 Å². The average Bonchev–Trinajstić information content (AvgIpc) is 3.17. The third-order valence-electron chi connectivity index (χ3n) is 6.26. The second-order valence-electron chi connectivity index (χ2n) is 8.41. The number of amides is 1. The number of methoxy groups -OCH3 is 1. The number of nitrogens with one attached hydrogen (secondary N) is 1. The number of ether oxygens (including phenoxy) is 1. The van der Waals surface area contributed by atoms with Crippen molar-refractivity contribution >= 4 is 22.4 Å². The SMILES string of the molecule is COc1cc2occ(-c3ccc(F)cc3)c2cc1/C(C)=C/C(=O)NC1CCCCC1C. The van der Waals surface area contributed by atoms with Gasteiger partial charge in [-0.25, -0.2) is 4.39 Å². The second-order valence-corrected chi connectivity index (χ2v) is 8.41. The number of allylic oxidation sites excluding steroid dienone is 1. The van der Waals surface area contributed by atoms with Gasteiger partial charge < -0.3 is 14.5 Å². The summed E-state index contributed by atoms with van der Waals surface area (Å²) in [5.74, 6) is 0.780. The first-order valence-electron chi connectivity index (χ1n) is 10.8. The monoisotopic (exact) mass is 421 g/mol. The number of halogens is 1. The van der Waals surface area contributed by atoms with E-state index in [9.17, 15) is 9.18 Å². The zero-order valence-electron chi connectivity index (χ0n) is 18.2. The molecule has 1 saturated carbocycles. The van der Waals surface area contributed by atoms with Gasteiger partial charge in [0.15, 0.2) is 0 Å². The number of benzene rings is 2. The van der Waals surface area contributed by atoms with E-state index in [4.69, 9.17) is 9.15 Å². The van der Waals surface area contributed by atoms with Crippen LogP contribution >= 0.6 is 0 Å². The van der Waals surface area contributed by atoms with Crippen molar-refractivity contribution in [2.24, 2.45) is 5.92 Å². The summed E-state index contributed by atoms with van der Waals surface area (Å²) in [5, 5.41) is 4.06. The first-order valence-corrected chi connectivity index (χ1v) is 10.8. The van der Waals surface area contributed by atoms with Gasteiger partial charge >= 0.3 is 0 Å². The normalized spacial score (nSPS) is 19.4. The Kier molecular flexibility index (Phi) is 6.12. The maximum absolute atomic E-state index is 13.3. The van der Waals surface area contributed by atoms with Crippen molar-refractivity contribution in [3.63, 3.8) is 0 Å². The van der Waals surface area contributed by atoms with Gasteiger partial charge in [0.2, 0.25) is 5.91 Å². The van der Waals surface area contributed by atoms with Crippen LogP contribution in [0.3, 0.4) is 0 Å². The van der Waals surface area contributed by atoms with Gasteiger partial charge in [-0.15, -0.1) is 0 Å². The van der Waals surface area contributed by atoms with Crippen LogP contribution in [0.15, 0.2) is 53.2 Å². The fourth-order valence-electron chi connectivity index (χ4n) is 4.41. The highest BCUT2D eigenvalue weighted by molar-refractivity contribution is 6.00. The molecule has 1 fully saturated rings. The molecular weight excluding hydrogens is 393 g/mol. The van der Waals surface area contributed by atoms with Gasteiger partial charge in [0.25, 0.3) is 0 Å². The number of rotatable bonds is 5. The van der Waals surface area contributed by atoms with Crippen molar-refractivity contribution < 1.29 is 18.3 Å². The van der Waals surface area contributed by atoms with Crippen LogP contribution in [0.25, 0.3) is 27.7 Å². The molecule has 0 bridgehead atoms. The Hall–Kier alpha value is -3.08. The van der Waals surface area contributed by atoms with Crippen LogP contribution in [0, 0.1) is 11.7 Å². The quantitative estimate of drug-likeness (QED) is 0.489. The minimum Gasteiger partial charge on any atom is -0.496 e. The van der Waals surface area contributed by atoms with Gasteiger partial charge in [0.05, 0.1) is 13.4 Å². The van der Waals surface area contributed by atoms with Crippen molar-refractivity contribution in [1.29, 1.82) is 0 Å². The topological polar surface area (TPSA) is 51.5 Å². The van der Waals surface area contributed by atoms with E-state index >= 15 is 0 Å². The third-order valence-corrected chi connectivity index (χ3v) is 6.26. The molecule has 2 atom stereocenters. The van der Waals surface area contributed by atoms with Gasteiger partial charge in [-0.05, 0) is 55.0 Å². The first kappa shape index (κ1) is 21.2. The summed E-state index contributed by atoms with van der Waals surface area (Å²) in [4.78, 5) is 12.7. The predicted octanol–water partition coefficient (Wildman–Crippen LogP) is 6.35. The minimum absolute atomic E-state index is 0.0793. The van der Waals surface area contributed by atoms with E-state index in [0.29, 0.717) is 17.3 Å². The zero-order chi connectivity index (χ0) is 22.0. The molecule has 0 aliphatic heterocycles. The molecule has 1 aliphatic carbocycles.